The minimum absolute atomic E-state index is 0.240. The van der Waals surface area contributed by atoms with Crippen LogP contribution in [0.25, 0.3) is 0 Å². The third kappa shape index (κ3) is 1.01. The lowest BCUT2D eigenvalue weighted by molar-refractivity contribution is -0.0822. The molecule has 3 aromatic heterocycles. The van der Waals surface area contributed by atoms with Crippen LogP contribution in [0.5, 0.6) is 0 Å². The molecule has 0 amide bonds. The largest absolute Gasteiger partial charge is 0.313 e. The minimum Gasteiger partial charge on any atom is -0.313 e. The van der Waals surface area contributed by atoms with E-state index in [2.05, 4.69) is 61.1 Å². The van der Waals surface area contributed by atoms with Crippen LogP contribution in [0.2, 0.25) is 0 Å². The molecule has 8 rings (SSSR count). The molecule has 4 nitrogen and oxygen atoms in total. The summed E-state index contributed by atoms with van der Waals surface area (Å²) in [5.41, 5.74) is 10.4. The molecule has 5 aliphatic heterocycles. The van der Waals surface area contributed by atoms with E-state index in [4.69, 9.17) is 0 Å². The Morgan fingerprint density at radius 2 is 1.20 bits per heavy atom. The standard InChI is InChI=1S/C21H18N4/c1-2-14-10-16-5-6-18-12-20-8-7-19-11-17-4-3-15-9-13(1)22(14)21(23(15)17,24(16)18)25(19)20/h1-7,20H,8-12H2. The molecule has 2 unspecified atom stereocenters. The topological polar surface area (TPSA) is 18.0 Å². The van der Waals surface area contributed by atoms with Crippen LogP contribution in [-0.4, -0.2) is 24.6 Å². The van der Waals surface area contributed by atoms with E-state index in [0.717, 1.165) is 19.3 Å². The van der Waals surface area contributed by atoms with E-state index >= 15 is 0 Å². The van der Waals surface area contributed by atoms with Gasteiger partial charge in [-0.2, -0.15) is 0 Å². The maximum Gasteiger partial charge on any atom is 0.289 e. The molecule has 0 aromatic carbocycles. The van der Waals surface area contributed by atoms with Gasteiger partial charge in [0.25, 0.3) is 5.91 Å². The first-order valence-corrected chi connectivity index (χ1v) is 9.44. The number of aromatic nitrogens is 3. The molecule has 0 N–H and O–H groups in total. The van der Waals surface area contributed by atoms with Crippen molar-refractivity contribution in [1.29, 1.82) is 0 Å². The van der Waals surface area contributed by atoms with Gasteiger partial charge in [-0.3, -0.25) is 13.7 Å². The van der Waals surface area contributed by atoms with E-state index in [9.17, 15) is 0 Å². The van der Waals surface area contributed by atoms with Crippen LogP contribution in [-0.2, 0) is 31.6 Å². The summed E-state index contributed by atoms with van der Waals surface area (Å²) in [7, 11) is 0. The number of hydrogen-bond donors (Lipinski definition) is 0. The third-order valence-corrected chi connectivity index (χ3v) is 7.18. The van der Waals surface area contributed by atoms with E-state index in [1.54, 1.807) is 0 Å². The smallest absolute Gasteiger partial charge is 0.289 e. The molecule has 4 heteroatoms. The fourth-order valence-electron chi connectivity index (χ4n) is 6.48. The zero-order valence-corrected chi connectivity index (χ0v) is 13.9. The Balaban J connectivity index is 1.66. The number of allylic oxidation sites excluding steroid dienone is 1. The lowest BCUT2D eigenvalue weighted by atomic mass is 10.00. The molecule has 0 fully saturated rings. The van der Waals surface area contributed by atoms with Crippen molar-refractivity contribution in [2.75, 3.05) is 0 Å². The zero-order chi connectivity index (χ0) is 15.9. The van der Waals surface area contributed by atoms with Crippen molar-refractivity contribution in [2.45, 2.75) is 44.1 Å². The minimum atomic E-state index is -0.240. The first-order valence-electron chi connectivity index (χ1n) is 9.44. The van der Waals surface area contributed by atoms with Crippen molar-refractivity contribution in [3.63, 3.8) is 0 Å². The first-order chi connectivity index (χ1) is 12.4. The Kier molecular flexibility index (Phi) is 1.59. The van der Waals surface area contributed by atoms with Gasteiger partial charge in [0.15, 0.2) is 0 Å². The summed E-state index contributed by atoms with van der Waals surface area (Å²) < 4.78 is 8.01. The lowest BCUT2D eigenvalue weighted by Gasteiger charge is -2.60. The summed E-state index contributed by atoms with van der Waals surface area (Å²) >= 11 is 0. The molecule has 2 atom stereocenters. The van der Waals surface area contributed by atoms with Crippen LogP contribution >= 0.6 is 0 Å². The van der Waals surface area contributed by atoms with E-state index in [1.807, 2.05) is 0 Å². The van der Waals surface area contributed by atoms with Gasteiger partial charge in [0.05, 0.1) is 0 Å². The average molecular weight is 326 g/mol. The predicted molar refractivity (Wildman–Crippen MR) is 93.4 cm³/mol. The highest BCUT2D eigenvalue weighted by molar-refractivity contribution is 5.44. The maximum atomic E-state index is 2.77. The Bertz CT molecular complexity index is 1140. The molecule has 0 radical (unpaired) electrons. The summed E-state index contributed by atoms with van der Waals surface area (Å²) in [5, 5.41) is 0. The monoisotopic (exact) mass is 326 g/mol. The van der Waals surface area contributed by atoms with Crippen LogP contribution in [0.3, 0.4) is 0 Å². The molecule has 0 saturated heterocycles. The molecule has 0 saturated carbocycles. The van der Waals surface area contributed by atoms with Crippen molar-refractivity contribution >= 4 is 0 Å². The van der Waals surface area contributed by atoms with E-state index in [-0.39, 0.29) is 5.91 Å². The summed E-state index contributed by atoms with van der Waals surface area (Å²) in [4.78, 5) is 2.77. The summed E-state index contributed by atoms with van der Waals surface area (Å²) in [5.74, 6) is -0.240. The van der Waals surface area contributed by atoms with Crippen molar-refractivity contribution in [3.05, 3.63) is 82.3 Å². The third-order valence-electron chi connectivity index (χ3n) is 7.18. The highest BCUT2D eigenvalue weighted by atomic mass is 15.7. The van der Waals surface area contributed by atoms with Gasteiger partial charge in [-0.05, 0) is 42.8 Å². The predicted octanol–water partition coefficient (Wildman–Crippen LogP) is 2.63. The Morgan fingerprint density at radius 3 is 1.84 bits per heavy atom. The van der Waals surface area contributed by atoms with Crippen molar-refractivity contribution < 1.29 is 0 Å². The average Bonchev–Trinajstić information content (AvgIpc) is 3.38. The van der Waals surface area contributed by atoms with Crippen molar-refractivity contribution in [1.82, 2.24) is 18.6 Å². The summed E-state index contributed by atoms with van der Waals surface area (Å²) in [6, 6.07) is 14.8. The van der Waals surface area contributed by atoms with Gasteiger partial charge in [-0.1, -0.05) is 6.08 Å². The number of hydrogen-bond acceptors (Lipinski definition) is 1. The summed E-state index contributed by atoms with van der Waals surface area (Å²) in [6.07, 6.45) is 8.03. The summed E-state index contributed by atoms with van der Waals surface area (Å²) in [6.45, 7) is 0. The van der Waals surface area contributed by atoms with E-state index in [1.165, 1.54) is 52.7 Å². The van der Waals surface area contributed by atoms with Gasteiger partial charge < -0.3 is 4.90 Å². The second-order valence-corrected chi connectivity index (χ2v) is 8.24. The molecule has 122 valence electrons. The molecular weight excluding hydrogens is 308 g/mol. The molecule has 5 aliphatic rings. The number of nitrogens with zero attached hydrogens (tertiary/aromatic N) is 4. The number of rotatable bonds is 0. The maximum absolute atomic E-state index is 2.77. The zero-order valence-electron chi connectivity index (χ0n) is 13.9. The Morgan fingerprint density at radius 1 is 0.680 bits per heavy atom. The van der Waals surface area contributed by atoms with Crippen LogP contribution in [0.4, 0.5) is 0 Å². The molecule has 3 aromatic rings. The molecule has 0 bridgehead atoms. The normalized spacial score (nSPS) is 28.7. The molecular formula is C21H18N4. The fraction of sp³-hybridized carbons (Fsp3) is 0.333. The van der Waals surface area contributed by atoms with Gasteiger partial charge in [0.2, 0.25) is 0 Å². The first kappa shape index (κ1) is 11.9. The highest BCUT2D eigenvalue weighted by Crippen LogP contribution is 2.53. The van der Waals surface area contributed by atoms with Gasteiger partial charge in [-0.25, -0.2) is 0 Å². The fourth-order valence-corrected chi connectivity index (χ4v) is 6.48. The van der Waals surface area contributed by atoms with Crippen molar-refractivity contribution in [3.8, 4) is 0 Å². The highest BCUT2D eigenvalue weighted by Gasteiger charge is 2.59. The van der Waals surface area contributed by atoms with Crippen molar-refractivity contribution in [2.24, 2.45) is 0 Å². The van der Waals surface area contributed by atoms with E-state index < -0.39 is 0 Å². The van der Waals surface area contributed by atoms with Gasteiger partial charge in [0, 0.05) is 71.6 Å². The van der Waals surface area contributed by atoms with E-state index in [0.29, 0.717) is 6.04 Å². The molecule has 1 spiro atoms. The molecule has 25 heavy (non-hydrogen) atoms. The SMILES string of the molecule is C1=C2Cc3ccc4n3C35N2C(C1)Cc1ccc(n13)Cc1ccc(n15)C4. The van der Waals surface area contributed by atoms with Gasteiger partial charge in [0.1, 0.15) is 0 Å². The van der Waals surface area contributed by atoms with Crippen LogP contribution in [0.1, 0.15) is 40.6 Å². The second-order valence-electron chi connectivity index (χ2n) is 8.24. The van der Waals surface area contributed by atoms with Gasteiger partial charge >= 0.3 is 0 Å². The van der Waals surface area contributed by atoms with Crippen LogP contribution < -0.4 is 0 Å². The quantitative estimate of drug-likeness (QED) is 0.621. The van der Waals surface area contributed by atoms with Crippen LogP contribution in [0.15, 0.2) is 48.2 Å². The molecule has 0 aliphatic carbocycles. The van der Waals surface area contributed by atoms with Crippen LogP contribution in [0, 0.1) is 0 Å². The second kappa shape index (κ2) is 3.36. The molecule has 8 heterocycles. The Hall–Kier alpha value is -2.62. The van der Waals surface area contributed by atoms with Gasteiger partial charge in [-0.15, -0.1) is 0 Å². The Labute approximate surface area is 145 Å². The lowest BCUT2D eigenvalue weighted by Crippen LogP contribution is -2.70.